The minimum atomic E-state index is -0.362. The first-order valence-electron chi connectivity index (χ1n) is 12.3. The molecule has 0 atom stereocenters. The Balaban J connectivity index is 1.39. The lowest BCUT2D eigenvalue weighted by molar-refractivity contribution is 0.0365. The molecule has 1 aliphatic heterocycles. The minimum absolute atomic E-state index is 0.263. The average molecular weight is 506 g/mol. The second-order valence-electron chi connectivity index (χ2n) is 8.90. The third kappa shape index (κ3) is 7.77. The number of morpholine rings is 1. The molecule has 0 spiro atoms. The van der Waals surface area contributed by atoms with Gasteiger partial charge in [0.2, 0.25) is 0 Å². The number of nitrogens with zero attached hydrogens (tertiary/aromatic N) is 2. The molecule has 4 N–H and O–H groups in total. The number of nitrogens with one attached hydrogen (secondary N) is 2. The van der Waals surface area contributed by atoms with Crippen LogP contribution in [0.4, 0.5) is 26.2 Å². The highest BCUT2D eigenvalue weighted by atomic mass is 19.1. The van der Waals surface area contributed by atoms with E-state index in [0.29, 0.717) is 35.7 Å². The molecule has 8 nitrogen and oxygen atoms in total. The molecule has 1 fully saturated rings. The number of nitrogens with two attached hydrogens (primary N) is 1. The first-order valence-corrected chi connectivity index (χ1v) is 12.3. The summed E-state index contributed by atoms with van der Waals surface area (Å²) in [6.07, 6.45) is 0.801. The maximum Gasteiger partial charge on any atom is 0.322 e. The summed E-state index contributed by atoms with van der Waals surface area (Å²) in [6, 6.07) is 19.6. The Morgan fingerprint density at radius 3 is 2.35 bits per heavy atom. The van der Waals surface area contributed by atoms with Crippen molar-refractivity contribution in [1.82, 2.24) is 9.80 Å². The second kappa shape index (κ2) is 12.8. The number of nitrogen functional groups attached to an aromatic ring is 1. The molecule has 0 bridgehead atoms. The Hall–Kier alpha value is -3.95. The number of ether oxygens (including phenoxy) is 1. The first kappa shape index (κ1) is 26.1. The Morgan fingerprint density at radius 2 is 1.65 bits per heavy atom. The highest BCUT2D eigenvalue weighted by Gasteiger charge is 2.17. The van der Waals surface area contributed by atoms with Crippen LogP contribution in [0.2, 0.25) is 0 Å². The third-order valence-corrected chi connectivity index (χ3v) is 6.19. The summed E-state index contributed by atoms with van der Waals surface area (Å²) in [4.78, 5) is 29.8. The smallest absolute Gasteiger partial charge is 0.322 e. The van der Waals surface area contributed by atoms with Crippen molar-refractivity contribution in [2.75, 3.05) is 55.8 Å². The highest BCUT2D eigenvalue weighted by Crippen LogP contribution is 2.18. The molecule has 3 aromatic rings. The molecule has 1 aliphatic rings. The van der Waals surface area contributed by atoms with E-state index in [0.717, 1.165) is 44.8 Å². The molecule has 0 aliphatic carbocycles. The Bertz CT molecular complexity index is 1180. The number of halogens is 1. The van der Waals surface area contributed by atoms with Crippen molar-refractivity contribution in [3.05, 3.63) is 89.7 Å². The normalized spacial score (nSPS) is 13.6. The standard InChI is InChI=1S/C28H32FN5O3/c29-23-10-12-24(13-11-23)31-28(36)34(15-3-14-33-16-18-37-19-17-33)20-21-6-8-22(9-7-21)27(35)32-26-5-2-1-4-25(26)30/h1-2,4-13H,3,14-20,30H2,(H,31,36)(H,32,35). The van der Waals surface area contributed by atoms with Gasteiger partial charge in [-0.15, -0.1) is 0 Å². The number of hydrogen-bond donors (Lipinski definition) is 3. The fourth-order valence-corrected chi connectivity index (χ4v) is 4.09. The SMILES string of the molecule is Nc1ccccc1NC(=O)c1ccc(CN(CCCN2CCOCC2)C(=O)Nc2ccc(F)cc2)cc1. The number of hydrogen-bond acceptors (Lipinski definition) is 5. The van der Waals surface area contributed by atoms with E-state index in [1.165, 1.54) is 24.3 Å². The Kier molecular flexibility index (Phi) is 9.07. The molecule has 4 rings (SSSR count). The van der Waals surface area contributed by atoms with Gasteiger partial charge < -0.3 is 26.0 Å². The summed E-state index contributed by atoms with van der Waals surface area (Å²) in [6.45, 7) is 5.01. The fourth-order valence-electron chi connectivity index (χ4n) is 4.09. The van der Waals surface area contributed by atoms with Crippen LogP contribution in [0.5, 0.6) is 0 Å². The number of rotatable bonds is 9. The number of carbonyl (C=O) groups excluding carboxylic acids is 2. The van der Waals surface area contributed by atoms with Crippen LogP contribution in [0, 0.1) is 5.82 Å². The number of benzene rings is 3. The molecule has 37 heavy (non-hydrogen) atoms. The number of anilines is 3. The molecule has 0 saturated carbocycles. The minimum Gasteiger partial charge on any atom is -0.397 e. The lowest BCUT2D eigenvalue weighted by atomic mass is 10.1. The van der Waals surface area contributed by atoms with E-state index in [9.17, 15) is 14.0 Å². The summed E-state index contributed by atoms with van der Waals surface area (Å²) in [5.74, 6) is -0.625. The molecule has 1 saturated heterocycles. The second-order valence-corrected chi connectivity index (χ2v) is 8.90. The monoisotopic (exact) mass is 505 g/mol. The van der Waals surface area contributed by atoms with E-state index in [1.807, 2.05) is 12.1 Å². The number of amides is 3. The zero-order valence-electron chi connectivity index (χ0n) is 20.7. The number of urea groups is 1. The van der Waals surface area contributed by atoms with Gasteiger partial charge in [0.1, 0.15) is 5.82 Å². The maximum absolute atomic E-state index is 13.3. The molecule has 3 aromatic carbocycles. The summed E-state index contributed by atoms with van der Waals surface area (Å²) >= 11 is 0. The summed E-state index contributed by atoms with van der Waals surface area (Å²) in [5.41, 5.74) is 8.87. The third-order valence-electron chi connectivity index (χ3n) is 6.19. The van der Waals surface area contributed by atoms with Gasteiger partial charge in [-0.25, -0.2) is 9.18 Å². The molecule has 0 unspecified atom stereocenters. The lowest BCUT2D eigenvalue weighted by Crippen LogP contribution is -2.40. The summed E-state index contributed by atoms with van der Waals surface area (Å²) in [7, 11) is 0. The van der Waals surface area contributed by atoms with Crippen LogP contribution < -0.4 is 16.4 Å². The van der Waals surface area contributed by atoms with Crippen molar-refractivity contribution in [2.45, 2.75) is 13.0 Å². The maximum atomic E-state index is 13.3. The molecule has 3 amide bonds. The van der Waals surface area contributed by atoms with Crippen LogP contribution in [0.25, 0.3) is 0 Å². The molecule has 194 valence electrons. The van der Waals surface area contributed by atoms with Gasteiger partial charge in [0.05, 0.1) is 24.6 Å². The number of para-hydroxylation sites is 2. The van der Waals surface area contributed by atoms with Crippen molar-refractivity contribution in [2.24, 2.45) is 0 Å². The van der Waals surface area contributed by atoms with E-state index < -0.39 is 0 Å². The molecular weight excluding hydrogens is 473 g/mol. The van der Waals surface area contributed by atoms with Crippen molar-refractivity contribution in [3.63, 3.8) is 0 Å². The molecule has 1 heterocycles. The van der Waals surface area contributed by atoms with Gasteiger partial charge in [0, 0.05) is 44.0 Å². The molecule has 0 aromatic heterocycles. The van der Waals surface area contributed by atoms with Crippen molar-refractivity contribution >= 4 is 29.0 Å². The van der Waals surface area contributed by atoms with E-state index in [2.05, 4.69) is 15.5 Å². The fraction of sp³-hybridized carbons (Fsp3) is 0.286. The summed E-state index contributed by atoms with van der Waals surface area (Å²) in [5, 5.41) is 5.67. The zero-order chi connectivity index (χ0) is 26.0. The largest absolute Gasteiger partial charge is 0.397 e. The van der Waals surface area contributed by atoms with E-state index >= 15 is 0 Å². The van der Waals surface area contributed by atoms with Crippen LogP contribution in [-0.2, 0) is 11.3 Å². The molecule has 0 radical (unpaired) electrons. The van der Waals surface area contributed by atoms with Crippen LogP contribution in [-0.4, -0.2) is 61.1 Å². The van der Waals surface area contributed by atoms with Gasteiger partial charge in [-0.2, -0.15) is 0 Å². The van der Waals surface area contributed by atoms with Crippen molar-refractivity contribution in [3.8, 4) is 0 Å². The Morgan fingerprint density at radius 1 is 0.946 bits per heavy atom. The van der Waals surface area contributed by atoms with E-state index in [-0.39, 0.29) is 17.8 Å². The number of carbonyl (C=O) groups is 2. The van der Waals surface area contributed by atoms with Gasteiger partial charge >= 0.3 is 6.03 Å². The van der Waals surface area contributed by atoms with Gasteiger partial charge in [-0.05, 0) is 60.5 Å². The predicted molar refractivity (Wildman–Crippen MR) is 143 cm³/mol. The topological polar surface area (TPSA) is 99.9 Å². The average Bonchev–Trinajstić information content (AvgIpc) is 2.91. The summed E-state index contributed by atoms with van der Waals surface area (Å²) < 4.78 is 18.7. The van der Waals surface area contributed by atoms with Crippen LogP contribution in [0.15, 0.2) is 72.8 Å². The van der Waals surface area contributed by atoms with Crippen LogP contribution in [0.3, 0.4) is 0 Å². The first-order chi connectivity index (χ1) is 18.0. The predicted octanol–water partition coefficient (Wildman–Crippen LogP) is 4.42. The zero-order valence-corrected chi connectivity index (χ0v) is 20.7. The van der Waals surface area contributed by atoms with E-state index in [1.54, 1.807) is 41.3 Å². The van der Waals surface area contributed by atoms with Crippen LogP contribution >= 0.6 is 0 Å². The highest BCUT2D eigenvalue weighted by molar-refractivity contribution is 6.05. The van der Waals surface area contributed by atoms with Crippen molar-refractivity contribution in [1.29, 1.82) is 0 Å². The van der Waals surface area contributed by atoms with Gasteiger partial charge in [-0.3, -0.25) is 9.69 Å². The Labute approximate surface area is 216 Å². The molecule has 9 heteroatoms. The quantitative estimate of drug-likeness (QED) is 0.374. The van der Waals surface area contributed by atoms with Gasteiger partial charge in [0.15, 0.2) is 0 Å². The van der Waals surface area contributed by atoms with Gasteiger partial charge in [-0.1, -0.05) is 24.3 Å². The van der Waals surface area contributed by atoms with Gasteiger partial charge in [0.25, 0.3) is 5.91 Å². The van der Waals surface area contributed by atoms with E-state index in [4.69, 9.17) is 10.5 Å². The van der Waals surface area contributed by atoms with Crippen molar-refractivity contribution < 1.29 is 18.7 Å². The molecular formula is C28H32FN5O3. The van der Waals surface area contributed by atoms with Crippen LogP contribution in [0.1, 0.15) is 22.3 Å². The lowest BCUT2D eigenvalue weighted by Gasteiger charge is -2.28.